The van der Waals surface area contributed by atoms with Gasteiger partial charge in [-0.1, -0.05) is 6.07 Å². The van der Waals surface area contributed by atoms with E-state index in [1.165, 1.54) is 0 Å². The Labute approximate surface area is 117 Å². The van der Waals surface area contributed by atoms with Crippen molar-refractivity contribution in [2.75, 3.05) is 18.5 Å². The van der Waals surface area contributed by atoms with Crippen molar-refractivity contribution in [2.45, 2.75) is 18.9 Å². The van der Waals surface area contributed by atoms with Gasteiger partial charge in [-0.3, -0.25) is 9.78 Å². The lowest BCUT2D eigenvalue weighted by Crippen LogP contribution is -2.51. The number of fused-ring (bicyclic) bond motifs is 1. The largest absolute Gasteiger partial charge is 0.379 e. The molecule has 1 aliphatic heterocycles. The van der Waals surface area contributed by atoms with Crippen LogP contribution in [0.15, 0.2) is 30.5 Å². The maximum Gasteiger partial charge on any atom is 0.246 e. The van der Waals surface area contributed by atoms with Crippen molar-refractivity contribution in [3.05, 3.63) is 36.0 Å². The van der Waals surface area contributed by atoms with E-state index in [2.05, 4.69) is 10.3 Å². The molecule has 3 rings (SSSR count). The van der Waals surface area contributed by atoms with Crippen molar-refractivity contribution in [2.24, 2.45) is 5.73 Å². The zero-order valence-corrected chi connectivity index (χ0v) is 11.3. The van der Waals surface area contributed by atoms with E-state index >= 15 is 0 Å². The maximum absolute atomic E-state index is 12.3. The quantitative estimate of drug-likeness (QED) is 0.869. The highest BCUT2D eigenvalue weighted by atomic mass is 16.5. The van der Waals surface area contributed by atoms with Crippen molar-refractivity contribution >= 4 is 22.5 Å². The molecule has 0 bridgehead atoms. The van der Waals surface area contributed by atoms with Crippen molar-refractivity contribution in [3.63, 3.8) is 0 Å². The summed E-state index contributed by atoms with van der Waals surface area (Å²) in [5.74, 6) is -0.205. The molecule has 3 N–H and O–H groups in total. The number of benzene rings is 1. The highest BCUT2D eigenvalue weighted by molar-refractivity contribution is 6.05. The van der Waals surface area contributed by atoms with Gasteiger partial charge in [0.2, 0.25) is 5.91 Å². The Kier molecular flexibility index (Phi) is 3.16. The molecule has 0 aliphatic carbocycles. The Hall–Kier alpha value is -1.98. The van der Waals surface area contributed by atoms with E-state index in [4.69, 9.17) is 10.5 Å². The van der Waals surface area contributed by atoms with Crippen molar-refractivity contribution < 1.29 is 9.53 Å². The lowest BCUT2D eigenvalue weighted by molar-refractivity contribution is -0.121. The lowest BCUT2D eigenvalue weighted by atomic mass is 9.99. The standard InChI is InChI=1S/C15H17N3O2/c1-10-4-5-12(11-3-2-7-17-13(10)11)18-14(19)15(16)6-8-20-9-15/h2-5,7H,6,8-9,16H2,1H3,(H,18,19). The smallest absolute Gasteiger partial charge is 0.246 e. The number of anilines is 1. The molecule has 104 valence electrons. The maximum atomic E-state index is 12.3. The van der Waals surface area contributed by atoms with Gasteiger partial charge in [0.1, 0.15) is 5.54 Å². The Morgan fingerprint density at radius 2 is 2.30 bits per heavy atom. The second-order valence-electron chi connectivity index (χ2n) is 5.24. The minimum atomic E-state index is -0.931. The molecule has 1 fully saturated rings. The molecule has 1 aliphatic rings. The van der Waals surface area contributed by atoms with Crippen molar-refractivity contribution in [3.8, 4) is 0 Å². The molecule has 2 heterocycles. The summed E-state index contributed by atoms with van der Waals surface area (Å²) in [6, 6.07) is 7.63. The molecule has 1 aromatic heterocycles. The van der Waals surface area contributed by atoms with Crippen LogP contribution in [0, 0.1) is 6.92 Å². The van der Waals surface area contributed by atoms with Gasteiger partial charge in [-0.25, -0.2) is 0 Å². The van der Waals surface area contributed by atoms with E-state index in [9.17, 15) is 4.79 Å². The second kappa shape index (κ2) is 4.85. The van der Waals surface area contributed by atoms with Gasteiger partial charge < -0.3 is 15.8 Å². The first-order valence-electron chi connectivity index (χ1n) is 6.63. The van der Waals surface area contributed by atoms with Crippen LogP contribution in [0.4, 0.5) is 5.69 Å². The monoisotopic (exact) mass is 271 g/mol. The minimum Gasteiger partial charge on any atom is -0.379 e. The Morgan fingerprint density at radius 1 is 1.45 bits per heavy atom. The molecule has 0 spiro atoms. The van der Waals surface area contributed by atoms with Crippen LogP contribution in [0.3, 0.4) is 0 Å². The number of pyridine rings is 1. The lowest BCUT2D eigenvalue weighted by Gasteiger charge is -2.21. The van der Waals surface area contributed by atoms with E-state index in [1.807, 2.05) is 31.2 Å². The molecular weight excluding hydrogens is 254 g/mol. The number of nitrogens with one attached hydrogen (secondary N) is 1. The molecule has 20 heavy (non-hydrogen) atoms. The number of amides is 1. The molecular formula is C15H17N3O2. The van der Waals surface area contributed by atoms with Crippen molar-refractivity contribution in [1.82, 2.24) is 4.98 Å². The zero-order valence-electron chi connectivity index (χ0n) is 11.3. The molecule has 1 atom stereocenters. The number of carbonyl (C=O) groups excluding carboxylic acids is 1. The summed E-state index contributed by atoms with van der Waals surface area (Å²) in [5.41, 5.74) is 7.84. The fourth-order valence-electron chi connectivity index (χ4n) is 2.43. The topological polar surface area (TPSA) is 77.2 Å². The van der Waals surface area contributed by atoms with Crippen LogP contribution < -0.4 is 11.1 Å². The number of hydrogen-bond acceptors (Lipinski definition) is 4. The number of aromatic nitrogens is 1. The van der Waals surface area contributed by atoms with E-state index in [-0.39, 0.29) is 12.5 Å². The molecule has 1 unspecified atom stereocenters. The third-order valence-electron chi connectivity index (χ3n) is 3.72. The van der Waals surface area contributed by atoms with Gasteiger partial charge in [0.25, 0.3) is 0 Å². The summed E-state index contributed by atoms with van der Waals surface area (Å²) < 4.78 is 5.23. The van der Waals surface area contributed by atoms with Crippen LogP contribution in [0.5, 0.6) is 0 Å². The summed E-state index contributed by atoms with van der Waals surface area (Å²) in [6.07, 6.45) is 2.29. The molecule has 5 heteroatoms. The number of aryl methyl sites for hydroxylation is 1. The van der Waals surface area contributed by atoms with Crippen molar-refractivity contribution in [1.29, 1.82) is 0 Å². The van der Waals surface area contributed by atoms with Gasteiger partial charge in [0.15, 0.2) is 0 Å². The van der Waals surface area contributed by atoms with Gasteiger partial charge in [-0.2, -0.15) is 0 Å². The number of carbonyl (C=O) groups is 1. The van der Waals surface area contributed by atoms with Crippen LogP contribution in [-0.4, -0.2) is 29.6 Å². The van der Waals surface area contributed by atoms with Crippen LogP contribution in [0.25, 0.3) is 10.9 Å². The Balaban J connectivity index is 1.95. The van der Waals surface area contributed by atoms with Crippen LogP contribution in [0.1, 0.15) is 12.0 Å². The number of ether oxygens (including phenoxy) is 1. The predicted octanol–water partition coefficient (Wildman–Crippen LogP) is 1.60. The Morgan fingerprint density at radius 3 is 3.05 bits per heavy atom. The number of rotatable bonds is 2. The first-order valence-corrected chi connectivity index (χ1v) is 6.63. The third kappa shape index (κ3) is 2.15. The molecule has 1 amide bonds. The molecule has 5 nitrogen and oxygen atoms in total. The van der Waals surface area contributed by atoms with Gasteiger partial charge >= 0.3 is 0 Å². The average molecular weight is 271 g/mol. The summed E-state index contributed by atoms with van der Waals surface area (Å²) >= 11 is 0. The summed E-state index contributed by atoms with van der Waals surface area (Å²) in [4.78, 5) is 16.7. The normalized spacial score (nSPS) is 22.1. The van der Waals surface area contributed by atoms with E-state index in [0.29, 0.717) is 13.0 Å². The Bertz CT molecular complexity index is 663. The SMILES string of the molecule is Cc1ccc(NC(=O)C2(N)CCOC2)c2cccnc12. The molecule has 1 saturated heterocycles. The van der Waals surface area contributed by atoms with Crippen LogP contribution in [0.2, 0.25) is 0 Å². The van der Waals surface area contributed by atoms with Crippen LogP contribution in [-0.2, 0) is 9.53 Å². The summed E-state index contributed by atoms with van der Waals surface area (Å²) in [7, 11) is 0. The zero-order chi connectivity index (χ0) is 14.2. The van der Waals surface area contributed by atoms with Crippen LogP contribution >= 0.6 is 0 Å². The first kappa shape index (κ1) is 13.0. The van der Waals surface area contributed by atoms with Gasteiger partial charge in [-0.05, 0) is 37.1 Å². The molecule has 0 saturated carbocycles. The van der Waals surface area contributed by atoms with Gasteiger partial charge in [-0.15, -0.1) is 0 Å². The summed E-state index contributed by atoms with van der Waals surface area (Å²) in [5, 5.41) is 3.83. The minimum absolute atomic E-state index is 0.205. The molecule has 0 radical (unpaired) electrons. The number of nitrogens with two attached hydrogens (primary N) is 1. The van der Waals surface area contributed by atoms with E-state index < -0.39 is 5.54 Å². The van der Waals surface area contributed by atoms with E-state index in [1.54, 1.807) is 6.20 Å². The number of hydrogen-bond donors (Lipinski definition) is 2. The van der Waals surface area contributed by atoms with Gasteiger partial charge in [0, 0.05) is 18.2 Å². The highest BCUT2D eigenvalue weighted by Crippen LogP contribution is 2.26. The first-order chi connectivity index (χ1) is 9.60. The number of nitrogens with zero attached hydrogens (tertiary/aromatic N) is 1. The van der Waals surface area contributed by atoms with Gasteiger partial charge in [0.05, 0.1) is 17.8 Å². The van der Waals surface area contributed by atoms with E-state index in [0.717, 1.165) is 22.2 Å². The highest BCUT2D eigenvalue weighted by Gasteiger charge is 2.38. The fraction of sp³-hybridized carbons (Fsp3) is 0.333. The third-order valence-corrected chi connectivity index (χ3v) is 3.72. The average Bonchev–Trinajstić information content (AvgIpc) is 2.90. The summed E-state index contributed by atoms with van der Waals surface area (Å²) in [6.45, 7) is 2.79. The molecule has 1 aromatic carbocycles. The predicted molar refractivity (Wildman–Crippen MR) is 77.5 cm³/mol. The second-order valence-corrected chi connectivity index (χ2v) is 5.24. The fourth-order valence-corrected chi connectivity index (χ4v) is 2.43. The molecule has 2 aromatic rings.